The zero-order valence-corrected chi connectivity index (χ0v) is 27.8. The molecule has 4 aromatic carbocycles. The summed E-state index contributed by atoms with van der Waals surface area (Å²) < 4.78 is 9.66. The molecule has 0 aliphatic carbocycles. The minimum Gasteiger partial charge on any atom is -0.192 e. The van der Waals surface area contributed by atoms with Gasteiger partial charge in [0.1, 0.15) is 0 Å². The second-order valence-electron chi connectivity index (χ2n) is 14.3. The smallest absolute Gasteiger partial charge is 0.192 e. The van der Waals surface area contributed by atoms with E-state index in [0.717, 1.165) is 89.8 Å². The van der Waals surface area contributed by atoms with Crippen LogP contribution >= 0.6 is 0 Å². The van der Waals surface area contributed by atoms with Crippen LogP contribution in [0, 0.1) is 48.5 Å². The Kier molecular flexibility index (Phi) is 3.97. The Morgan fingerprint density at radius 2 is 0.938 bits per heavy atom. The van der Waals surface area contributed by atoms with Gasteiger partial charge in [0.15, 0.2) is 0 Å². The highest BCUT2D eigenvalue weighted by atomic mass is 15.7. The van der Waals surface area contributed by atoms with Gasteiger partial charge in [0.25, 0.3) is 23.3 Å². The van der Waals surface area contributed by atoms with Gasteiger partial charge in [-0.25, -0.2) is 0 Å². The maximum atomic E-state index is 5.67. The summed E-state index contributed by atoms with van der Waals surface area (Å²) in [6, 6.07) is 19.9. The quantitative estimate of drug-likeness (QED) is 0.191. The Balaban J connectivity index is 1.46. The first-order valence-corrected chi connectivity index (χ1v) is 16.7. The molecule has 12 rings (SSSR count). The van der Waals surface area contributed by atoms with E-state index in [1.54, 1.807) is 0 Å². The molecule has 0 amide bonds. The topological polar surface area (TPSA) is 65.3 Å². The number of aryl methyl sites for hydroxylation is 7. The van der Waals surface area contributed by atoms with Gasteiger partial charge in [-0.15, -0.1) is 9.15 Å². The van der Waals surface area contributed by atoms with Gasteiger partial charge in [0.05, 0.1) is 43.8 Å². The standard InChI is InChI=1S/C40H30N8/c1-17-9-8-10-24-25(17)33-42-35-28-20(4)13-14-21(5)29(28)37-44-39-31-23(7)16-15-22(6)30(31)38-43-36-27-19(3)12-11-18(2)26(27)34-41-32(24)45(33)40(46(34)36,47(35)37)48(38)39/h8-16H,1-7H3/q+2/t40-/m1/s1. The second kappa shape index (κ2) is 7.52. The fourth-order valence-electron chi connectivity index (χ4n) is 9.61. The van der Waals surface area contributed by atoms with Crippen molar-refractivity contribution in [3.05, 3.63) is 127 Å². The van der Waals surface area contributed by atoms with Gasteiger partial charge >= 0.3 is 5.91 Å². The van der Waals surface area contributed by atoms with Gasteiger partial charge in [-0.3, -0.25) is 0 Å². The number of benzene rings is 4. The van der Waals surface area contributed by atoms with E-state index in [0.29, 0.717) is 0 Å². The number of amidine groups is 4. The Morgan fingerprint density at radius 1 is 0.458 bits per heavy atom. The van der Waals surface area contributed by atoms with Crippen LogP contribution in [0.4, 0.5) is 11.6 Å². The van der Waals surface area contributed by atoms with E-state index in [-0.39, 0.29) is 0 Å². The van der Waals surface area contributed by atoms with E-state index in [1.807, 2.05) is 0 Å². The molecule has 48 heavy (non-hydrogen) atoms. The monoisotopic (exact) mass is 622 g/mol. The van der Waals surface area contributed by atoms with E-state index < -0.39 is 5.91 Å². The second-order valence-corrected chi connectivity index (χ2v) is 14.3. The van der Waals surface area contributed by atoms with Crippen LogP contribution < -0.4 is 11.0 Å². The lowest BCUT2D eigenvalue weighted by atomic mass is 9.97. The summed E-state index contributed by atoms with van der Waals surface area (Å²) in [5, 5.41) is 4.61. The average molecular weight is 623 g/mol. The molecule has 8 heterocycles. The third-order valence-electron chi connectivity index (χ3n) is 11.7. The maximum Gasteiger partial charge on any atom is 0.404 e. The van der Waals surface area contributed by atoms with E-state index in [1.165, 1.54) is 38.9 Å². The predicted molar refractivity (Wildman–Crippen MR) is 187 cm³/mol. The van der Waals surface area contributed by atoms with Gasteiger partial charge in [-0.2, -0.15) is 9.13 Å². The highest BCUT2D eigenvalue weighted by Crippen LogP contribution is 2.54. The minimum absolute atomic E-state index is 0.918. The SMILES string of the molecule is Cc1cccc2c1C1=Nc3c4c(C)ccc(C)c4c4n3[C@@]35n6c(c7c(C)ccc(C)c7c6=NC6=[N+]3C(=N4)c3c(C)ccc(C)c36)=NC2=[N+]15. The first-order chi connectivity index (χ1) is 23.2. The van der Waals surface area contributed by atoms with Crippen molar-refractivity contribution in [3.63, 3.8) is 0 Å². The molecule has 0 unspecified atom stereocenters. The van der Waals surface area contributed by atoms with Crippen LogP contribution in [0.2, 0.25) is 0 Å². The molecule has 6 aromatic rings. The third kappa shape index (κ3) is 2.33. The van der Waals surface area contributed by atoms with Crippen LogP contribution in [0.15, 0.2) is 74.6 Å². The van der Waals surface area contributed by atoms with Gasteiger partial charge in [-0.1, -0.05) is 68.5 Å². The summed E-state index contributed by atoms with van der Waals surface area (Å²) in [5.41, 5.74) is 14.8. The number of hydrogen-bond donors (Lipinski definition) is 0. The van der Waals surface area contributed by atoms with E-state index in [4.69, 9.17) is 20.0 Å². The van der Waals surface area contributed by atoms with Gasteiger partial charge in [-0.05, 0) is 93.5 Å². The molecule has 0 bridgehead atoms. The molecule has 8 heteroatoms. The van der Waals surface area contributed by atoms with Crippen molar-refractivity contribution in [2.45, 2.75) is 54.4 Å². The highest BCUT2D eigenvalue weighted by molar-refractivity contribution is 6.21. The Bertz CT molecular complexity index is 3010. The van der Waals surface area contributed by atoms with Crippen LogP contribution in [0.25, 0.3) is 21.5 Å². The van der Waals surface area contributed by atoms with Gasteiger partial charge in [0, 0.05) is 0 Å². The van der Waals surface area contributed by atoms with E-state index in [9.17, 15) is 0 Å². The zero-order chi connectivity index (χ0) is 32.3. The fraction of sp³-hybridized carbons (Fsp3) is 0.200. The first kappa shape index (κ1) is 25.3. The zero-order valence-electron chi connectivity index (χ0n) is 27.8. The minimum atomic E-state index is -0.975. The molecule has 0 fully saturated rings. The Hall–Kier alpha value is -5.76. The van der Waals surface area contributed by atoms with Crippen LogP contribution in [0.1, 0.15) is 61.2 Å². The summed E-state index contributed by atoms with van der Waals surface area (Å²) in [4.78, 5) is 22.6. The summed E-state index contributed by atoms with van der Waals surface area (Å²) in [5.74, 6) is 4.60. The fourth-order valence-corrected chi connectivity index (χ4v) is 9.61. The number of rotatable bonds is 0. The molecule has 0 radical (unpaired) electrons. The number of nitrogens with zero attached hydrogens (tertiary/aromatic N) is 8. The van der Waals surface area contributed by atoms with Crippen molar-refractivity contribution in [2.24, 2.45) is 20.0 Å². The van der Waals surface area contributed by atoms with Crippen molar-refractivity contribution >= 4 is 56.5 Å². The van der Waals surface area contributed by atoms with Crippen molar-refractivity contribution in [1.82, 2.24) is 9.13 Å². The molecule has 6 aliphatic rings. The number of fused-ring (bicyclic) bond motifs is 12. The van der Waals surface area contributed by atoms with Crippen LogP contribution in [-0.2, 0) is 5.91 Å². The molecule has 1 atom stereocenters. The number of aliphatic imine (C=N–C) groups is 2. The molecule has 6 aliphatic heterocycles. The normalized spacial score (nSPS) is 19.6. The molecule has 2 aromatic heterocycles. The van der Waals surface area contributed by atoms with Crippen molar-refractivity contribution in [3.8, 4) is 0 Å². The molecule has 0 N–H and O–H groups in total. The van der Waals surface area contributed by atoms with Gasteiger partial charge in [0.2, 0.25) is 22.6 Å². The molecule has 0 saturated carbocycles. The summed E-state index contributed by atoms with van der Waals surface area (Å²) in [6.45, 7) is 15.4. The summed E-state index contributed by atoms with van der Waals surface area (Å²) >= 11 is 0. The average Bonchev–Trinajstić information content (AvgIpc) is 3.80. The molecular formula is C40H30N8+2. The lowest BCUT2D eigenvalue weighted by molar-refractivity contribution is -0.790. The van der Waals surface area contributed by atoms with Crippen LogP contribution in [0.5, 0.6) is 0 Å². The molecule has 8 nitrogen and oxygen atoms in total. The Morgan fingerprint density at radius 3 is 1.56 bits per heavy atom. The molecule has 228 valence electrons. The summed E-state index contributed by atoms with van der Waals surface area (Å²) in [7, 11) is 0. The molecule has 0 saturated heterocycles. The maximum absolute atomic E-state index is 5.67. The molecule has 1 spiro atoms. The molecular weight excluding hydrogens is 592 g/mol. The van der Waals surface area contributed by atoms with Crippen LogP contribution in [-0.4, -0.2) is 41.6 Å². The third-order valence-corrected chi connectivity index (χ3v) is 11.7. The van der Waals surface area contributed by atoms with Crippen molar-refractivity contribution in [2.75, 3.05) is 0 Å². The summed E-state index contributed by atoms with van der Waals surface area (Å²) in [6.07, 6.45) is 0. The van der Waals surface area contributed by atoms with Crippen molar-refractivity contribution in [1.29, 1.82) is 0 Å². The predicted octanol–water partition coefficient (Wildman–Crippen LogP) is 5.87. The van der Waals surface area contributed by atoms with Crippen LogP contribution in [0.3, 0.4) is 0 Å². The first-order valence-electron chi connectivity index (χ1n) is 16.7. The lowest BCUT2D eigenvalue weighted by Crippen LogP contribution is -2.71. The largest absolute Gasteiger partial charge is 0.404 e. The van der Waals surface area contributed by atoms with Gasteiger partial charge < -0.3 is 0 Å². The van der Waals surface area contributed by atoms with E-state index >= 15 is 0 Å². The highest BCUT2D eigenvalue weighted by Gasteiger charge is 2.70. The van der Waals surface area contributed by atoms with Crippen molar-refractivity contribution < 1.29 is 9.15 Å². The number of hydrogen-bond acceptors (Lipinski definition) is 4. The van der Waals surface area contributed by atoms with E-state index in [2.05, 4.69) is 121 Å². The lowest BCUT2D eigenvalue weighted by Gasteiger charge is -2.40. The Labute approximate surface area is 275 Å². The number of aromatic nitrogens is 2.